The van der Waals surface area contributed by atoms with Gasteiger partial charge in [-0.25, -0.2) is 9.97 Å². The Morgan fingerprint density at radius 2 is 1.72 bits per heavy atom. The van der Waals surface area contributed by atoms with E-state index in [0.29, 0.717) is 44.9 Å². The van der Waals surface area contributed by atoms with Crippen molar-refractivity contribution in [3.05, 3.63) is 101 Å². The molecule has 0 amide bonds. The van der Waals surface area contributed by atoms with Crippen LogP contribution in [-0.2, 0) is 5.75 Å². The Kier molecular flexibility index (Phi) is 5.47. The molecule has 0 atom stereocenters. The van der Waals surface area contributed by atoms with E-state index in [4.69, 9.17) is 14.1 Å². The Hall–Kier alpha value is -3.84. The van der Waals surface area contributed by atoms with Gasteiger partial charge < -0.3 is 9.15 Å². The highest BCUT2D eigenvalue weighted by atomic mass is 32.2. The molecule has 6 nitrogen and oxygen atoms in total. The third-order valence-electron chi connectivity index (χ3n) is 5.01. The van der Waals surface area contributed by atoms with Crippen LogP contribution in [0.1, 0.15) is 5.89 Å². The van der Waals surface area contributed by atoms with E-state index in [1.807, 2.05) is 72.8 Å². The Morgan fingerprint density at radius 1 is 0.969 bits per heavy atom. The maximum absolute atomic E-state index is 13.4. The molecule has 0 aliphatic heterocycles. The number of hydrogen-bond donors (Lipinski definition) is 0. The van der Waals surface area contributed by atoms with E-state index in [1.54, 1.807) is 23.9 Å². The zero-order chi connectivity index (χ0) is 21.9. The molecule has 0 N–H and O–H groups in total. The lowest BCUT2D eigenvalue weighted by Crippen LogP contribution is -2.22. The molecule has 0 radical (unpaired) electrons. The lowest BCUT2D eigenvalue weighted by Gasteiger charge is -2.15. The second kappa shape index (κ2) is 8.72. The highest BCUT2D eigenvalue weighted by Crippen LogP contribution is 2.29. The number of para-hydroxylation sites is 3. The zero-order valence-electron chi connectivity index (χ0n) is 17.3. The van der Waals surface area contributed by atoms with Crippen LogP contribution in [0.3, 0.4) is 0 Å². The summed E-state index contributed by atoms with van der Waals surface area (Å²) < 4.78 is 13.0. The van der Waals surface area contributed by atoms with Gasteiger partial charge in [-0.15, -0.1) is 0 Å². The summed E-state index contributed by atoms with van der Waals surface area (Å²) in [7, 11) is 1.59. The van der Waals surface area contributed by atoms with Crippen molar-refractivity contribution in [2.75, 3.05) is 7.11 Å². The van der Waals surface area contributed by atoms with E-state index in [1.165, 1.54) is 11.8 Å². The van der Waals surface area contributed by atoms with Gasteiger partial charge in [0.1, 0.15) is 5.75 Å². The predicted octanol–water partition coefficient (Wildman–Crippen LogP) is 5.34. The van der Waals surface area contributed by atoms with Crippen molar-refractivity contribution in [2.45, 2.75) is 10.9 Å². The second-order valence-electron chi connectivity index (χ2n) is 7.00. The van der Waals surface area contributed by atoms with Gasteiger partial charge >= 0.3 is 0 Å². The van der Waals surface area contributed by atoms with Gasteiger partial charge in [0.05, 0.1) is 35.6 Å². The summed E-state index contributed by atoms with van der Waals surface area (Å²) in [5.74, 6) is 2.28. The Balaban J connectivity index is 1.55. The van der Waals surface area contributed by atoms with Crippen LogP contribution < -0.4 is 10.3 Å². The quantitative estimate of drug-likeness (QED) is 0.262. The Morgan fingerprint density at radius 3 is 2.56 bits per heavy atom. The number of fused-ring (bicyclic) bond motifs is 1. The van der Waals surface area contributed by atoms with E-state index >= 15 is 0 Å². The first kappa shape index (κ1) is 20.1. The summed E-state index contributed by atoms with van der Waals surface area (Å²) in [6.07, 6.45) is 1.71. The zero-order valence-corrected chi connectivity index (χ0v) is 18.1. The smallest absolute Gasteiger partial charge is 0.266 e. The van der Waals surface area contributed by atoms with Crippen LogP contribution in [0, 0.1) is 0 Å². The molecule has 0 unspecified atom stereocenters. The molecule has 7 heteroatoms. The maximum atomic E-state index is 13.4. The van der Waals surface area contributed by atoms with Crippen molar-refractivity contribution in [1.29, 1.82) is 0 Å². The topological polar surface area (TPSA) is 70.2 Å². The molecule has 0 saturated carbocycles. The van der Waals surface area contributed by atoms with Gasteiger partial charge in [0, 0.05) is 5.56 Å². The fourth-order valence-corrected chi connectivity index (χ4v) is 4.33. The first-order chi connectivity index (χ1) is 15.7. The van der Waals surface area contributed by atoms with Crippen LogP contribution in [0.15, 0.2) is 99.4 Å². The lowest BCUT2D eigenvalue weighted by molar-refractivity contribution is 0.411. The number of ether oxygens (including phenoxy) is 1. The number of thioether (sulfide) groups is 1. The Labute approximate surface area is 188 Å². The molecular weight excluding hydrogens is 422 g/mol. The van der Waals surface area contributed by atoms with Crippen molar-refractivity contribution >= 4 is 22.7 Å². The number of methoxy groups -OCH3 is 1. The van der Waals surface area contributed by atoms with Gasteiger partial charge in [0.25, 0.3) is 5.56 Å². The molecule has 32 heavy (non-hydrogen) atoms. The van der Waals surface area contributed by atoms with E-state index in [2.05, 4.69) is 4.98 Å². The minimum atomic E-state index is -0.153. The highest BCUT2D eigenvalue weighted by molar-refractivity contribution is 7.98. The SMILES string of the molecule is COc1ccccc1-n1c(SCc2ncc(-c3ccccc3)o2)nc2ccccc2c1=O. The molecule has 0 aliphatic rings. The Bertz CT molecular complexity index is 1440. The van der Waals surface area contributed by atoms with Crippen LogP contribution in [0.4, 0.5) is 0 Å². The van der Waals surface area contributed by atoms with Crippen LogP contribution in [0.5, 0.6) is 5.75 Å². The minimum absolute atomic E-state index is 0.153. The molecule has 5 rings (SSSR count). The number of benzene rings is 3. The minimum Gasteiger partial charge on any atom is -0.495 e. The van der Waals surface area contributed by atoms with Gasteiger partial charge in [0.15, 0.2) is 10.9 Å². The predicted molar refractivity (Wildman–Crippen MR) is 125 cm³/mol. The molecule has 0 bridgehead atoms. The average molecular weight is 442 g/mol. The van der Waals surface area contributed by atoms with Crippen molar-refractivity contribution in [1.82, 2.24) is 14.5 Å². The molecule has 5 aromatic rings. The summed E-state index contributed by atoms with van der Waals surface area (Å²) in [5, 5.41) is 1.09. The average Bonchev–Trinajstić information content (AvgIpc) is 3.33. The highest BCUT2D eigenvalue weighted by Gasteiger charge is 2.17. The van der Waals surface area contributed by atoms with Crippen molar-refractivity contribution in [3.63, 3.8) is 0 Å². The first-order valence-corrected chi connectivity index (χ1v) is 11.0. The summed E-state index contributed by atoms with van der Waals surface area (Å²) in [6, 6.07) is 24.6. The molecule has 2 heterocycles. The van der Waals surface area contributed by atoms with Gasteiger partial charge in [-0.2, -0.15) is 0 Å². The van der Waals surface area contributed by atoms with E-state index in [9.17, 15) is 4.79 Å². The van der Waals surface area contributed by atoms with Gasteiger partial charge in [-0.05, 0) is 24.3 Å². The third-order valence-corrected chi connectivity index (χ3v) is 5.93. The number of nitrogens with zero attached hydrogens (tertiary/aromatic N) is 3. The van der Waals surface area contributed by atoms with Gasteiger partial charge in [0.2, 0.25) is 5.89 Å². The molecule has 0 fully saturated rings. The fourth-order valence-electron chi connectivity index (χ4n) is 3.48. The van der Waals surface area contributed by atoms with Crippen LogP contribution in [-0.4, -0.2) is 21.6 Å². The van der Waals surface area contributed by atoms with Crippen molar-refractivity contribution in [2.24, 2.45) is 0 Å². The van der Waals surface area contributed by atoms with E-state index < -0.39 is 0 Å². The van der Waals surface area contributed by atoms with Crippen LogP contribution in [0.25, 0.3) is 27.9 Å². The maximum Gasteiger partial charge on any atom is 0.266 e. The summed E-state index contributed by atoms with van der Waals surface area (Å²) in [4.78, 5) is 22.6. The molecule has 158 valence electrons. The van der Waals surface area contributed by atoms with Crippen molar-refractivity contribution in [3.8, 4) is 22.8 Å². The number of aromatic nitrogens is 3. The second-order valence-corrected chi connectivity index (χ2v) is 7.94. The molecule has 0 aliphatic carbocycles. The lowest BCUT2D eigenvalue weighted by atomic mass is 10.2. The van der Waals surface area contributed by atoms with Crippen molar-refractivity contribution < 1.29 is 9.15 Å². The summed E-state index contributed by atoms with van der Waals surface area (Å²) in [6.45, 7) is 0. The normalized spacial score (nSPS) is 11.0. The fraction of sp³-hybridized carbons (Fsp3) is 0.0800. The van der Waals surface area contributed by atoms with Gasteiger partial charge in [-0.1, -0.05) is 66.4 Å². The molecular formula is C25H19N3O3S. The molecule has 3 aromatic carbocycles. The molecule has 0 spiro atoms. The number of rotatable bonds is 6. The summed E-state index contributed by atoms with van der Waals surface area (Å²) >= 11 is 1.39. The standard InChI is InChI=1S/C25H19N3O3S/c1-30-21-14-8-7-13-20(21)28-24(29)18-11-5-6-12-19(18)27-25(28)32-16-23-26-15-22(31-23)17-9-3-2-4-10-17/h2-15H,16H2,1H3. The molecule has 2 aromatic heterocycles. The first-order valence-electron chi connectivity index (χ1n) is 10.0. The van der Waals surface area contributed by atoms with E-state index in [0.717, 1.165) is 5.56 Å². The number of hydrogen-bond acceptors (Lipinski definition) is 6. The third kappa shape index (κ3) is 3.78. The van der Waals surface area contributed by atoms with Crippen LogP contribution in [0.2, 0.25) is 0 Å². The van der Waals surface area contributed by atoms with Gasteiger partial charge in [-0.3, -0.25) is 9.36 Å². The monoisotopic (exact) mass is 441 g/mol. The van der Waals surface area contributed by atoms with E-state index in [-0.39, 0.29) is 5.56 Å². The van der Waals surface area contributed by atoms with Crippen LogP contribution >= 0.6 is 11.8 Å². The largest absolute Gasteiger partial charge is 0.495 e. The molecule has 0 saturated heterocycles. The number of oxazole rings is 1. The summed E-state index contributed by atoms with van der Waals surface area (Å²) in [5.41, 5.74) is 2.09.